The lowest BCUT2D eigenvalue weighted by Gasteiger charge is -2.47. The van der Waals surface area contributed by atoms with Gasteiger partial charge >= 0.3 is 0 Å². The Bertz CT molecular complexity index is 896. The molecule has 0 spiro atoms. The first kappa shape index (κ1) is 25.7. The summed E-state index contributed by atoms with van der Waals surface area (Å²) in [6, 6.07) is 10.4. The summed E-state index contributed by atoms with van der Waals surface area (Å²) in [6.45, 7) is 13.5. The molecular formula is C26H42O4SSi. The third-order valence-electron chi connectivity index (χ3n) is 8.35. The van der Waals surface area contributed by atoms with Gasteiger partial charge in [-0.05, 0) is 67.8 Å². The second kappa shape index (κ2) is 10.1. The van der Waals surface area contributed by atoms with Gasteiger partial charge in [-0.1, -0.05) is 70.4 Å². The van der Waals surface area contributed by atoms with Crippen molar-refractivity contribution in [2.24, 2.45) is 17.3 Å². The predicted molar refractivity (Wildman–Crippen MR) is 134 cm³/mol. The lowest BCUT2D eigenvalue weighted by molar-refractivity contribution is 0.0164. The molecule has 0 bridgehead atoms. The Kier molecular flexibility index (Phi) is 8.12. The van der Waals surface area contributed by atoms with Crippen LogP contribution < -0.4 is 0 Å². The van der Waals surface area contributed by atoms with Crippen LogP contribution in [0.25, 0.3) is 0 Å². The van der Waals surface area contributed by atoms with Crippen molar-refractivity contribution in [2.45, 2.75) is 96.4 Å². The molecule has 180 valence electrons. The summed E-state index contributed by atoms with van der Waals surface area (Å²) in [5.41, 5.74) is 2.48. The van der Waals surface area contributed by atoms with E-state index in [-0.39, 0.29) is 22.8 Å². The minimum absolute atomic E-state index is 0.0644. The highest BCUT2D eigenvalue weighted by molar-refractivity contribution is 7.86. The van der Waals surface area contributed by atoms with Gasteiger partial charge < -0.3 is 4.43 Å². The maximum absolute atomic E-state index is 12.7. The van der Waals surface area contributed by atoms with Crippen molar-refractivity contribution in [3.8, 4) is 0 Å². The molecule has 0 radical (unpaired) electrons. The van der Waals surface area contributed by atoms with Gasteiger partial charge in [-0.2, -0.15) is 8.42 Å². The number of rotatable bonds is 10. The molecule has 3 rings (SSSR count). The smallest absolute Gasteiger partial charge is 0.296 e. The van der Waals surface area contributed by atoms with E-state index < -0.39 is 18.4 Å². The highest BCUT2D eigenvalue weighted by atomic mass is 32.2. The van der Waals surface area contributed by atoms with E-state index >= 15 is 0 Å². The number of hydrogen-bond acceptors (Lipinski definition) is 4. The van der Waals surface area contributed by atoms with Crippen LogP contribution in [0.4, 0.5) is 0 Å². The van der Waals surface area contributed by atoms with Crippen molar-refractivity contribution in [3.05, 3.63) is 41.5 Å². The minimum atomic E-state index is -3.74. The van der Waals surface area contributed by atoms with E-state index in [1.54, 1.807) is 24.3 Å². The molecule has 0 aliphatic heterocycles. The second-order valence-corrected chi connectivity index (χ2v) is 16.5. The first-order chi connectivity index (χ1) is 15.1. The zero-order chi connectivity index (χ0) is 23.6. The molecule has 4 nitrogen and oxygen atoms in total. The first-order valence-electron chi connectivity index (χ1n) is 12.4. The van der Waals surface area contributed by atoms with Crippen molar-refractivity contribution in [1.29, 1.82) is 0 Å². The summed E-state index contributed by atoms with van der Waals surface area (Å²) in [5.74, 6) is 0.563. The number of hydrogen-bond donors (Lipinski definition) is 0. The van der Waals surface area contributed by atoms with Crippen LogP contribution in [0.2, 0.25) is 18.1 Å². The molecule has 1 fully saturated rings. The van der Waals surface area contributed by atoms with Gasteiger partial charge in [0.25, 0.3) is 10.1 Å². The highest BCUT2D eigenvalue weighted by Gasteiger charge is 2.50. The van der Waals surface area contributed by atoms with Crippen LogP contribution in [0.15, 0.2) is 40.8 Å². The van der Waals surface area contributed by atoms with Gasteiger partial charge in [0.1, 0.15) is 0 Å². The van der Waals surface area contributed by atoms with Gasteiger partial charge in [0.15, 0.2) is 8.32 Å². The standard InChI is InChI=1S/C26H42O4SSi/c1-7-32(8-2,9-3)30-25-11-10-18-26(6)23(16-17-24(25)26)21(5)19-29-31(27,28)22-14-12-20(4)13-15-22/h12-16,21,24-25H,7-11,17-19H2,1-6H3/t21-,24+,25+,26-/m1/s1. The third-order valence-corrected chi connectivity index (χ3v) is 14.3. The summed E-state index contributed by atoms with van der Waals surface area (Å²) in [6.07, 6.45) is 7.21. The quantitative estimate of drug-likeness (QED) is 0.209. The molecular weight excluding hydrogens is 436 g/mol. The topological polar surface area (TPSA) is 52.6 Å². The van der Waals surface area contributed by atoms with Crippen LogP contribution >= 0.6 is 0 Å². The predicted octanol–water partition coefficient (Wildman–Crippen LogP) is 6.86. The number of aryl methyl sites for hydroxylation is 1. The summed E-state index contributed by atoms with van der Waals surface area (Å²) in [4.78, 5) is 0.228. The Morgan fingerprint density at radius 2 is 1.75 bits per heavy atom. The average Bonchev–Trinajstić information content (AvgIpc) is 3.14. The second-order valence-electron chi connectivity index (χ2n) is 10.2. The highest BCUT2D eigenvalue weighted by Crippen LogP contribution is 2.56. The van der Waals surface area contributed by atoms with Crippen molar-refractivity contribution in [3.63, 3.8) is 0 Å². The maximum atomic E-state index is 12.7. The van der Waals surface area contributed by atoms with Crippen LogP contribution in [-0.4, -0.2) is 29.4 Å². The number of benzene rings is 1. The molecule has 0 aromatic heterocycles. The SMILES string of the molecule is CC[Si](CC)(CC)O[C@H]1CCC[C@]2(C)C([C@H](C)COS(=O)(=O)c3ccc(C)cc3)=CC[C@@H]12. The summed E-state index contributed by atoms with van der Waals surface area (Å²) in [5, 5.41) is 0. The summed E-state index contributed by atoms with van der Waals surface area (Å²) >= 11 is 0. The van der Waals surface area contributed by atoms with E-state index in [9.17, 15) is 8.42 Å². The maximum Gasteiger partial charge on any atom is 0.296 e. The van der Waals surface area contributed by atoms with Gasteiger partial charge in [0.2, 0.25) is 0 Å². The van der Waals surface area contributed by atoms with Gasteiger partial charge in [-0.15, -0.1) is 0 Å². The molecule has 1 saturated carbocycles. The largest absolute Gasteiger partial charge is 0.414 e. The van der Waals surface area contributed by atoms with Gasteiger partial charge in [0.05, 0.1) is 11.5 Å². The molecule has 32 heavy (non-hydrogen) atoms. The fraction of sp³-hybridized carbons (Fsp3) is 0.692. The zero-order valence-electron chi connectivity index (χ0n) is 20.8. The van der Waals surface area contributed by atoms with Crippen molar-refractivity contribution < 1.29 is 17.0 Å². The molecule has 0 amide bonds. The van der Waals surface area contributed by atoms with E-state index in [4.69, 9.17) is 8.61 Å². The van der Waals surface area contributed by atoms with E-state index in [2.05, 4.69) is 40.7 Å². The third kappa shape index (κ3) is 5.08. The van der Waals surface area contributed by atoms with Crippen molar-refractivity contribution in [2.75, 3.05) is 6.61 Å². The molecule has 0 heterocycles. The zero-order valence-corrected chi connectivity index (χ0v) is 22.6. The number of fused-ring (bicyclic) bond motifs is 1. The average molecular weight is 479 g/mol. The normalized spacial score (nSPS) is 27.1. The van der Waals surface area contributed by atoms with Gasteiger partial charge in [-0.25, -0.2) is 0 Å². The molecule has 6 heteroatoms. The molecule has 0 unspecified atom stereocenters. The van der Waals surface area contributed by atoms with Crippen LogP contribution in [0, 0.1) is 24.2 Å². The van der Waals surface area contributed by atoms with Crippen LogP contribution in [0.5, 0.6) is 0 Å². The van der Waals surface area contributed by atoms with Crippen LogP contribution in [0.1, 0.15) is 65.9 Å². The summed E-state index contributed by atoms with van der Waals surface area (Å²) < 4.78 is 37.9. The molecule has 2 aliphatic rings. The molecule has 1 aromatic carbocycles. The molecule has 2 aliphatic carbocycles. The number of allylic oxidation sites excluding steroid dienone is 1. The Morgan fingerprint density at radius 1 is 1.12 bits per heavy atom. The molecule has 0 saturated heterocycles. The Labute approximate surface area is 197 Å². The molecule has 4 atom stereocenters. The monoisotopic (exact) mass is 478 g/mol. The van der Waals surface area contributed by atoms with E-state index in [0.717, 1.165) is 24.8 Å². The van der Waals surface area contributed by atoms with E-state index in [1.807, 2.05) is 6.92 Å². The fourth-order valence-electron chi connectivity index (χ4n) is 6.01. The summed E-state index contributed by atoms with van der Waals surface area (Å²) in [7, 11) is -5.40. The first-order valence-corrected chi connectivity index (χ1v) is 16.4. The van der Waals surface area contributed by atoms with Crippen molar-refractivity contribution in [1.82, 2.24) is 0 Å². The molecule has 1 aromatic rings. The lowest BCUT2D eigenvalue weighted by Crippen LogP contribution is -2.48. The minimum Gasteiger partial charge on any atom is -0.414 e. The lowest BCUT2D eigenvalue weighted by atomic mass is 9.63. The van der Waals surface area contributed by atoms with Crippen LogP contribution in [0.3, 0.4) is 0 Å². The van der Waals surface area contributed by atoms with E-state index in [1.165, 1.54) is 30.1 Å². The fourth-order valence-corrected chi connectivity index (χ4v) is 9.92. The molecule has 0 N–H and O–H groups in total. The van der Waals surface area contributed by atoms with Crippen molar-refractivity contribution >= 4 is 18.4 Å². The van der Waals surface area contributed by atoms with E-state index in [0.29, 0.717) is 12.0 Å². The Morgan fingerprint density at radius 3 is 2.34 bits per heavy atom. The Balaban J connectivity index is 1.69. The van der Waals surface area contributed by atoms with Gasteiger partial charge in [-0.3, -0.25) is 4.18 Å². The Hall–Kier alpha value is -0.953. The van der Waals surface area contributed by atoms with Gasteiger partial charge in [0, 0.05) is 12.0 Å². The van der Waals surface area contributed by atoms with Crippen LogP contribution in [-0.2, 0) is 18.7 Å².